The maximum atomic E-state index is 12.0. The number of fused-ring (bicyclic) bond motifs is 1. The van der Waals surface area contributed by atoms with Crippen molar-refractivity contribution in [3.05, 3.63) is 26.9 Å². The molecule has 0 amide bonds. The van der Waals surface area contributed by atoms with Gasteiger partial charge in [0.05, 0.1) is 25.2 Å². The summed E-state index contributed by atoms with van der Waals surface area (Å²) in [6.07, 6.45) is 0. The van der Waals surface area contributed by atoms with Crippen molar-refractivity contribution in [1.29, 1.82) is 0 Å². The Labute approximate surface area is 120 Å². The number of rotatable bonds is 6. The first kappa shape index (κ1) is 15.0. The molecule has 2 rings (SSSR count). The zero-order chi connectivity index (χ0) is 15.4. The maximum Gasteiger partial charge on any atom is 0.326 e. The lowest BCUT2D eigenvalue weighted by atomic mass is 10.2. The minimum atomic E-state index is -0.597. The van der Waals surface area contributed by atoms with E-state index in [9.17, 15) is 9.59 Å². The fourth-order valence-electron chi connectivity index (χ4n) is 2.06. The molecule has 0 atom stereocenters. The van der Waals surface area contributed by atoms with Crippen LogP contribution in [-0.4, -0.2) is 29.8 Å². The number of benzene rings is 1. The van der Waals surface area contributed by atoms with Crippen LogP contribution >= 0.6 is 0 Å². The topological polar surface area (TPSA) is 93.4 Å². The van der Waals surface area contributed by atoms with E-state index in [1.165, 1.54) is 0 Å². The summed E-state index contributed by atoms with van der Waals surface area (Å²) in [5.74, 6) is 1.10. The number of hydrogen-bond donors (Lipinski definition) is 2. The third-order valence-electron chi connectivity index (χ3n) is 2.79. The van der Waals surface area contributed by atoms with E-state index in [0.717, 1.165) is 0 Å². The Morgan fingerprint density at radius 2 is 1.52 bits per heavy atom. The van der Waals surface area contributed by atoms with Crippen molar-refractivity contribution >= 4 is 10.9 Å². The van der Waals surface area contributed by atoms with E-state index in [2.05, 4.69) is 9.97 Å². The molecule has 0 aliphatic heterocycles. The summed E-state index contributed by atoms with van der Waals surface area (Å²) in [5.41, 5.74) is -0.795. The summed E-state index contributed by atoms with van der Waals surface area (Å²) < 4.78 is 16.7. The van der Waals surface area contributed by atoms with Crippen molar-refractivity contribution in [1.82, 2.24) is 9.97 Å². The van der Waals surface area contributed by atoms with Gasteiger partial charge in [-0.15, -0.1) is 0 Å². The Hall–Kier alpha value is -2.44. The fraction of sp³-hybridized carbons (Fsp3) is 0.429. The normalized spacial score (nSPS) is 10.6. The second kappa shape index (κ2) is 6.34. The van der Waals surface area contributed by atoms with Gasteiger partial charge in [-0.2, -0.15) is 0 Å². The van der Waals surface area contributed by atoms with Gasteiger partial charge in [0.25, 0.3) is 5.56 Å². The Morgan fingerprint density at radius 3 is 2.14 bits per heavy atom. The van der Waals surface area contributed by atoms with Crippen molar-refractivity contribution in [2.45, 2.75) is 20.8 Å². The average molecular weight is 294 g/mol. The highest BCUT2D eigenvalue weighted by Gasteiger charge is 2.19. The van der Waals surface area contributed by atoms with Gasteiger partial charge in [0.2, 0.25) is 5.75 Å². The summed E-state index contributed by atoms with van der Waals surface area (Å²) in [4.78, 5) is 28.2. The first-order valence-electron chi connectivity index (χ1n) is 6.84. The highest BCUT2D eigenvalue weighted by Crippen LogP contribution is 2.41. The second-order valence-electron chi connectivity index (χ2n) is 4.16. The maximum absolute atomic E-state index is 12.0. The molecule has 0 radical (unpaired) electrons. The molecular formula is C14H18N2O5. The third-order valence-corrected chi connectivity index (χ3v) is 2.79. The van der Waals surface area contributed by atoms with Gasteiger partial charge in [-0.3, -0.25) is 9.78 Å². The van der Waals surface area contributed by atoms with Gasteiger partial charge < -0.3 is 19.2 Å². The molecule has 2 N–H and O–H groups in total. The Morgan fingerprint density at radius 1 is 0.905 bits per heavy atom. The molecule has 0 bridgehead atoms. The van der Waals surface area contributed by atoms with E-state index >= 15 is 0 Å². The highest BCUT2D eigenvalue weighted by atomic mass is 16.5. The Balaban J connectivity index is 2.86. The third kappa shape index (κ3) is 2.86. The molecule has 0 saturated carbocycles. The molecule has 1 aromatic carbocycles. The molecule has 0 spiro atoms. The predicted molar refractivity (Wildman–Crippen MR) is 78.7 cm³/mol. The lowest BCUT2D eigenvalue weighted by molar-refractivity contribution is 0.263. The lowest BCUT2D eigenvalue weighted by Crippen LogP contribution is -2.22. The minimum Gasteiger partial charge on any atom is -0.490 e. The van der Waals surface area contributed by atoms with Gasteiger partial charge >= 0.3 is 5.69 Å². The van der Waals surface area contributed by atoms with Gasteiger partial charge in [-0.1, -0.05) is 0 Å². The molecule has 1 heterocycles. The summed E-state index contributed by atoms with van der Waals surface area (Å²) in [6, 6.07) is 1.54. The average Bonchev–Trinajstić information content (AvgIpc) is 2.44. The zero-order valence-corrected chi connectivity index (χ0v) is 12.2. The molecule has 0 aliphatic carbocycles. The van der Waals surface area contributed by atoms with Crippen LogP contribution in [0.1, 0.15) is 20.8 Å². The Kier molecular flexibility index (Phi) is 4.52. The van der Waals surface area contributed by atoms with Crippen LogP contribution < -0.4 is 25.5 Å². The summed E-state index contributed by atoms with van der Waals surface area (Å²) in [6.45, 7) is 6.64. The molecule has 0 fully saturated rings. The smallest absolute Gasteiger partial charge is 0.326 e. The number of H-pyrrole nitrogens is 2. The highest BCUT2D eigenvalue weighted by molar-refractivity contribution is 5.89. The lowest BCUT2D eigenvalue weighted by Gasteiger charge is -2.17. The first-order valence-corrected chi connectivity index (χ1v) is 6.84. The molecule has 1 aromatic heterocycles. The van der Waals surface area contributed by atoms with E-state index in [4.69, 9.17) is 14.2 Å². The van der Waals surface area contributed by atoms with Crippen molar-refractivity contribution in [3.63, 3.8) is 0 Å². The molecule has 114 valence electrons. The van der Waals surface area contributed by atoms with Crippen LogP contribution in [0.15, 0.2) is 15.7 Å². The van der Waals surface area contributed by atoms with E-state index in [1.807, 2.05) is 13.8 Å². The van der Waals surface area contributed by atoms with Crippen LogP contribution in [0.5, 0.6) is 17.2 Å². The van der Waals surface area contributed by atoms with Crippen LogP contribution in [0.25, 0.3) is 10.9 Å². The van der Waals surface area contributed by atoms with Gasteiger partial charge in [-0.05, 0) is 26.8 Å². The summed E-state index contributed by atoms with van der Waals surface area (Å²) in [7, 11) is 0. The minimum absolute atomic E-state index is 0.282. The van der Waals surface area contributed by atoms with Gasteiger partial charge in [0.1, 0.15) is 5.52 Å². The molecule has 0 unspecified atom stereocenters. The van der Waals surface area contributed by atoms with E-state index < -0.39 is 11.2 Å². The van der Waals surface area contributed by atoms with Crippen LogP contribution in [0, 0.1) is 0 Å². The standard InChI is InChI=1S/C14H18N2O5/c1-4-19-9-7-8-10(15-14(18)16-13(8)17)12(21-6-3)11(9)20-5-2/h7H,4-6H2,1-3H3,(H2,15,16,17,18). The number of ether oxygens (including phenoxy) is 3. The Bertz CT molecular complexity index is 747. The summed E-state index contributed by atoms with van der Waals surface area (Å²) >= 11 is 0. The zero-order valence-electron chi connectivity index (χ0n) is 12.2. The van der Waals surface area contributed by atoms with Gasteiger partial charge in [-0.25, -0.2) is 4.79 Å². The summed E-state index contributed by atoms with van der Waals surface area (Å²) in [5, 5.41) is 0.282. The van der Waals surface area contributed by atoms with Crippen LogP contribution in [0.2, 0.25) is 0 Å². The van der Waals surface area contributed by atoms with Crippen molar-refractivity contribution < 1.29 is 14.2 Å². The molecule has 0 aliphatic rings. The van der Waals surface area contributed by atoms with Crippen LogP contribution in [0.3, 0.4) is 0 Å². The molecule has 2 aromatic rings. The van der Waals surface area contributed by atoms with E-state index in [-0.39, 0.29) is 5.39 Å². The number of hydrogen-bond acceptors (Lipinski definition) is 5. The monoisotopic (exact) mass is 294 g/mol. The van der Waals surface area contributed by atoms with Gasteiger partial charge in [0.15, 0.2) is 11.5 Å². The van der Waals surface area contributed by atoms with Crippen LogP contribution in [-0.2, 0) is 0 Å². The van der Waals surface area contributed by atoms with Crippen molar-refractivity contribution in [2.75, 3.05) is 19.8 Å². The van der Waals surface area contributed by atoms with Crippen LogP contribution in [0.4, 0.5) is 0 Å². The molecule has 0 saturated heterocycles. The van der Waals surface area contributed by atoms with E-state index in [1.54, 1.807) is 13.0 Å². The second-order valence-corrected chi connectivity index (χ2v) is 4.16. The van der Waals surface area contributed by atoms with Gasteiger partial charge in [0, 0.05) is 0 Å². The van der Waals surface area contributed by atoms with E-state index in [0.29, 0.717) is 42.6 Å². The first-order chi connectivity index (χ1) is 10.1. The molecule has 21 heavy (non-hydrogen) atoms. The molecule has 7 heteroatoms. The SMILES string of the molecule is CCOc1cc2c(=O)[nH]c(=O)[nH]c2c(OCC)c1OCC. The van der Waals surface area contributed by atoms with Crippen molar-refractivity contribution in [3.8, 4) is 17.2 Å². The van der Waals surface area contributed by atoms with Crippen molar-refractivity contribution in [2.24, 2.45) is 0 Å². The quantitative estimate of drug-likeness (QED) is 0.840. The number of nitrogens with one attached hydrogen (secondary N) is 2. The fourth-order valence-corrected chi connectivity index (χ4v) is 2.06. The largest absolute Gasteiger partial charge is 0.490 e. The predicted octanol–water partition coefficient (Wildman–Crippen LogP) is 1.41. The molecule has 7 nitrogen and oxygen atoms in total. The molecular weight excluding hydrogens is 276 g/mol. The number of aromatic amines is 2. The number of aromatic nitrogens is 2.